The minimum atomic E-state index is -0.952. The SMILES string of the molecule is CN(C)C(=O)CCCCN1CCC(C(O)(c2ccccc2)c2ccccc2)CC1. The van der Waals surface area contributed by atoms with Crippen LogP contribution < -0.4 is 0 Å². The van der Waals surface area contributed by atoms with Crippen molar-refractivity contribution in [3.63, 3.8) is 0 Å². The van der Waals surface area contributed by atoms with Gasteiger partial charge >= 0.3 is 0 Å². The monoisotopic (exact) mass is 394 g/mol. The summed E-state index contributed by atoms with van der Waals surface area (Å²) in [5.41, 5.74) is 1.01. The van der Waals surface area contributed by atoms with Crippen LogP contribution >= 0.6 is 0 Å². The molecule has 1 aliphatic rings. The van der Waals surface area contributed by atoms with Crippen molar-refractivity contribution in [1.82, 2.24) is 9.80 Å². The molecule has 1 aliphatic heterocycles. The normalized spacial score (nSPS) is 16.0. The Morgan fingerprint density at radius 3 is 1.97 bits per heavy atom. The van der Waals surface area contributed by atoms with E-state index in [0.717, 1.165) is 56.4 Å². The van der Waals surface area contributed by atoms with Gasteiger partial charge in [0, 0.05) is 20.5 Å². The molecule has 1 fully saturated rings. The molecule has 4 heteroatoms. The first-order valence-electron chi connectivity index (χ1n) is 10.8. The van der Waals surface area contributed by atoms with Crippen molar-refractivity contribution >= 4 is 5.91 Å². The maximum absolute atomic E-state index is 11.9. The van der Waals surface area contributed by atoms with E-state index in [-0.39, 0.29) is 11.8 Å². The molecule has 1 N–H and O–H groups in total. The summed E-state index contributed by atoms with van der Waals surface area (Å²) in [4.78, 5) is 15.8. The van der Waals surface area contributed by atoms with Crippen LogP contribution in [0.2, 0.25) is 0 Å². The predicted molar refractivity (Wildman–Crippen MR) is 118 cm³/mol. The zero-order valence-electron chi connectivity index (χ0n) is 17.8. The Morgan fingerprint density at radius 2 is 1.48 bits per heavy atom. The Labute approximate surface area is 175 Å². The van der Waals surface area contributed by atoms with Gasteiger partial charge < -0.3 is 14.9 Å². The van der Waals surface area contributed by atoms with E-state index in [0.29, 0.717) is 6.42 Å². The summed E-state index contributed by atoms with van der Waals surface area (Å²) in [7, 11) is 3.63. The molecule has 0 radical (unpaired) electrons. The number of amides is 1. The number of nitrogens with zero attached hydrogens (tertiary/aromatic N) is 2. The van der Waals surface area contributed by atoms with E-state index in [4.69, 9.17) is 0 Å². The number of benzene rings is 2. The van der Waals surface area contributed by atoms with Crippen LogP contribution in [0.15, 0.2) is 60.7 Å². The molecule has 0 aliphatic carbocycles. The smallest absolute Gasteiger partial charge is 0.222 e. The molecule has 1 heterocycles. The molecule has 1 saturated heterocycles. The van der Waals surface area contributed by atoms with Crippen molar-refractivity contribution in [3.8, 4) is 0 Å². The van der Waals surface area contributed by atoms with Crippen molar-refractivity contribution in [2.45, 2.75) is 37.7 Å². The van der Waals surface area contributed by atoms with Gasteiger partial charge in [-0.05, 0) is 62.4 Å². The van der Waals surface area contributed by atoms with E-state index < -0.39 is 5.60 Å². The highest BCUT2D eigenvalue weighted by Crippen LogP contribution is 2.41. The number of likely N-dealkylation sites (tertiary alicyclic amines) is 1. The predicted octanol–water partition coefficient (Wildman–Crippen LogP) is 3.89. The van der Waals surface area contributed by atoms with Gasteiger partial charge in [-0.25, -0.2) is 0 Å². The summed E-state index contributed by atoms with van der Waals surface area (Å²) in [5.74, 6) is 0.401. The number of carbonyl (C=O) groups is 1. The van der Waals surface area contributed by atoms with Crippen molar-refractivity contribution in [2.75, 3.05) is 33.7 Å². The minimum absolute atomic E-state index is 0.193. The molecule has 29 heavy (non-hydrogen) atoms. The average Bonchev–Trinajstić information content (AvgIpc) is 2.77. The molecule has 0 unspecified atom stereocenters. The quantitative estimate of drug-likeness (QED) is 0.691. The summed E-state index contributed by atoms with van der Waals surface area (Å²) >= 11 is 0. The van der Waals surface area contributed by atoms with E-state index in [1.165, 1.54) is 0 Å². The van der Waals surface area contributed by atoms with Gasteiger partial charge in [-0.1, -0.05) is 60.7 Å². The summed E-state index contributed by atoms with van der Waals surface area (Å²) < 4.78 is 0. The van der Waals surface area contributed by atoms with Crippen LogP contribution in [0, 0.1) is 5.92 Å². The number of rotatable bonds is 8. The van der Waals surface area contributed by atoms with Crippen molar-refractivity contribution < 1.29 is 9.90 Å². The van der Waals surface area contributed by atoms with E-state index in [2.05, 4.69) is 4.90 Å². The lowest BCUT2D eigenvalue weighted by Crippen LogP contribution is -2.44. The second-order valence-corrected chi connectivity index (χ2v) is 8.36. The van der Waals surface area contributed by atoms with Crippen molar-refractivity contribution in [2.24, 2.45) is 5.92 Å². The van der Waals surface area contributed by atoms with Gasteiger partial charge in [0.25, 0.3) is 0 Å². The van der Waals surface area contributed by atoms with E-state index in [9.17, 15) is 9.90 Å². The lowest BCUT2D eigenvalue weighted by molar-refractivity contribution is -0.128. The molecule has 4 nitrogen and oxygen atoms in total. The first-order chi connectivity index (χ1) is 14.0. The number of unbranched alkanes of at least 4 members (excludes halogenated alkanes) is 1. The van der Waals surface area contributed by atoms with Gasteiger partial charge in [-0.2, -0.15) is 0 Å². The zero-order valence-corrected chi connectivity index (χ0v) is 17.8. The summed E-state index contributed by atoms with van der Waals surface area (Å²) in [5, 5.41) is 11.9. The third kappa shape index (κ3) is 5.26. The fourth-order valence-corrected chi connectivity index (χ4v) is 4.43. The number of carbonyl (C=O) groups excluding carboxylic acids is 1. The number of aliphatic hydroxyl groups is 1. The largest absolute Gasteiger partial charge is 0.380 e. The third-order valence-electron chi connectivity index (χ3n) is 6.22. The van der Waals surface area contributed by atoms with Crippen LogP contribution in [0.3, 0.4) is 0 Å². The van der Waals surface area contributed by atoms with Crippen LogP contribution in [0.25, 0.3) is 0 Å². The highest BCUT2D eigenvalue weighted by molar-refractivity contribution is 5.75. The molecule has 0 bridgehead atoms. The molecular formula is C25H34N2O2. The Hall–Kier alpha value is -2.17. The molecule has 3 rings (SSSR count). The highest BCUT2D eigenvalue weighted by Gasteiger charge is 2.41. The lowest BCUT2D eigenvalue weighted by atomic mass is 9.72. The molecular weight excluding hydrogens is 360 g/mol. The Bertz CT molecular complexity index is 713. The number of hydrogen-bond acceptors (Lipinski definition) is 3. The molecule has 2 aromatic rings. The minimum Gasteiger partial charge on any atom is -0.380 e. The standard InChI is InChI=1S/C25H34N2O2/c1-26(2)24(28)15-9-10-18-27-19-16-23(17-20-27)25(29,21-11-5-3-6-12-21)22-13-7-4-8-14-22/h3-8,11-14,23,29H,9-10,15-20H2,1-2H3. The van der Waals surface area contributed by atoms with Gasteiger partial charge in [0.1, 0.15) is 5.60 Å². The van der Waals surface area contributed by atoms with E-state index in [1.807, 2.05) is 74.8 Å². The first-order valence-corrected chi connectivity index (χ1v) is 10.8. The van der Waals surface area contributed by atoms with Crippen molar-refractivity contribution in [3.05, 3.63) is 71.8 Å². The lowest BCUT2D eigenvalue weighted by Gasteiger charge is -2.42. The van der Waals surface area contributed by atoms with Gasteiger partial charge in [0.05, 0.1) is 0 Å². The fraction of sp³-hybridized carbons (Fsp3) is 0.480. The summed E-state index contributed by atoms with van der Waals surface area (Å²) in [6.07, 6.45) is 4.56. The van der Waals surface area contributed by atoms with Crippen LogP contribution in [-0.2, 0) is 10.4 Å². The first kappa shape index (κ1) is 21.5. The fourth-order valence-electron chi connectivity index (χ4n) is 4.43. The Kier molecular flexibility index (Phi) is 7.45. The molecule has 1 amide bonds. The Morgan fingerprint density at radius 1 is 0.966 bits per heavy atom. The molecule has 2 aromatic carbocycles. The van der Waals surface area contributed by atoms with Gasteiger partial charge in [-0.15, -0.1) is 0 Å². The maximum Gasteiger partial charge on any atom is 0.222 e. The maximum atomic E-state index is 11.9. The van der Waals surface area contributed by atoms with Crippen LogP contribution in [0.4, 0.5) is 0 Å². The molecule has 0 spiro atoms. The van der Waals surface area contributed by atoms with Crippen molar-refractivity contribution in [1.29, 1.82) is 0 Å². The zero-order chi connectivity index (χ0) is 20.7. The number of piperidine rings is 1. The Balaban J connectivity index is 1.61. The highest BCUT2D eigenvalue weighted by atomic mass is 16.3. The molecule has 0 atom stereocenters. The van der Waals surface area contributed by atoms with Crippen LogP contribution in [-0.4, -0.2) is 54.5 Å². The second-order valence-electron chi connectivity index (χ2n) is 8.36. The topological polar surface area (TPSA) is 43.8 Å². The second kappa shape index (κ2) is 10.0. The van der Waals surface area contributed by atoms with Gasteiger partial charge in [0.2, 0.25) is 5.91 Å². The van der Waals surface area contributed by atoms with Gasteiger partial charge in [0.15, 0.2) is 0 Å². The molecule has 0 aromatic heterocycles. The van der Waals surface area contributed by atoms with Crippen LogP contribution in [0.5, 0.6) is 0 Å². The molecule has 0 saturated carbocycles. The number of hydrogen-bond donors (Lipinski definition) is 1. The average molecular weight is 395 g/mol. The van der Waals surface area contributed by atoms with Crippen LogP contribution in [0.1, 0.15) is 43.2 Å². The van der Waals surface area contributed by atoms with E-state index >= 15 is 0 Å². The summed E-state index contributed by atoms with van der Waals surface area (Å²) in [6, 6.07) is 20.2. The van der Waals surface area contributed by atoms with Gasteiger partial charge in [-0.3, -0.25) is 4.79 Å². The summed E-state index contributed by atoms with van der Waals surface area (Å²) in [6.45, 7) is 3.02. The van der Waals surface area contributed by atoms with E-state index in [1.54, 1.807) is 4.90 Å². The molecule has 156 valence electrons. The third-order valence-corrected chi connectivity index (χ3v) is 6.22.